The van der Waals surface area contributed by atoms with Crippen LogP contribution in [0.3, 0.4) is 0 Å². The van der Waals surface area contributed by atoms with Gasteiger partial charge < -0.3 is 0 Å². The highest BCUT2D eigenvalue weighted by molar-refractivity contribution is 5.13. The summed E-state index contributed by atoms with van der Waals surface area (Å²) in [5, 5.41) is 0. The Bertz CT molecular complexity index is 245. The Morgan fingerprint density at radius 1 is 1.67 bits per heavy atom. The number of rotatable bonds is 1. The highest BCUT2D eigenvalue weighted by Crippen LogP contribution is 2.28. The molecule has 0 N–H and O–H groups in total. The molecule has 2 heterocycles. The van der Waals surface area contributed by atoms with E-state index < -0.39 is 0 Å². The number of pyridine rings is 1. The lowest BCUT2D eigenvalue weighted by atomic mass is 10.1. The van der Waals surface area contributed by atoms with Gasteiger partial charge in [-0.2, -0.15) is 0 Å². The number of aromatic nitrogens is 1. The second kappa shape index (κ2) is 3.23. The van der Waals surface area contributed by atoms with E-state index in [0.717, 1.165) is 0 Å². The minimum atomic E-state index is 0.554. The van der Waals surface area contributed by atoms with Gasteiger partial charge in [-0.1, -0.05) is 6.07 Å². The second-order valence-electron chi connectivity index (χ2n) is 3.34. The first kappa shape index (κ1) is 7.74. The molecule has 1 aliphatic heterocycles. The third-order valence-corrected chi connectivity index (χ3v) is 2.51. The normalized spacial score (nSPS) is 24.6. The molecule has 2 nitrogen and oxygen atoms in total. The van der Waals surface area contributed by atoms with Crippen LogP contribution in [-0.4, -0.2) is 23.5 Å². The predicted molar refractivity (Wildman–Crippen MR) is 47.7 cm³/mol. The predicted octanol–water partition coefficient (Wildman–Crippen LogP) is 1.65. The summed E-state index contributed by atoms with van der Waals surface area (Å²) in [6.45, 7) is 1.20. The van der Waals surface area contributed by atoms with Gasteiger partial charge in [0.25, 0.3) is 0 Å². The summed E-state index contributed by atoms with van der Waals surface area (Å²) < 4.78 is 0. The molecule has 1 aliphatic rings. The van der Waals surface area contributed by atoms with Gasteiger partial charge in [-0.3, -0.25) is 9.88 Å². The molecular formula is C10H13N2. The van der Waals surface area contributed by atoms with E-state index in [0.29, 0.717) is 6.04 Å². The molecule has 63 valence electrons. The van der Waals surface area contributed by atoms with E-state index in [4.69, 9.17) is 0 Å². The molecule has 1 aromatic rings. The third-order valence-electron chi connectivity index (χ3n) is 2.51. The van der Waals surface area contributed by atoms with Crippen molar-refractivity contribution in [2.75, 3.05) is 13.6 Å². The maximum atomic E-state index is 4.01. The fourth-order valence-electron chi connectivity index (χ4n) is 1.83. The maximum absolute atomic E-state index is 4.01. The molecule has 0 aliphatic carbocycles. The minimum Gasteiger partial charge on any atom is -0.299 e. The molecule has 0 unspecified atom stereocenters. The van der Waals surface area contributed by atoms with Crippen LogP contribution in [0.4, 0.5) is 0 Å². The molecule has 0 spiro atoms. The highest BCUT2D eigenvalue weighted by atomic mass is 15.1. The molecule has 0 bridgehead atoms. The van der Waals surface area contributed by atoms with E-state index in [1.165, 1.54) is 24.9 Å². The van der Waals surface area contributed by atoms with Crippen LogP contribution in [0, 0.1) is 6.20 Å². The van der Waals surface area contributed by atoms with Gasteiger partial charge in [0.2, 0.25) is 0 Å². The van der Waals surface area contributed by atoms with Crippen molar-refractivity contribution in [1.82, 2.24) is 9.88 Å². The molecule has 1 fully saturated rings. The quantitative estimate of drug-likeness (QED) is 0.622. The van der Waals surface area contributed by atoms with Crippen LogP contribution in [0.2, 0.25) is 0 Å². The first-order valence-corrected chi connectivity index (χ1v) is 4.41. The van der Waals surface area contributed by atoms with Crippen molar-refractivity contribution in [3.8, 4) is 0 Å². The Kier molecular flexibility index (Phi) is 2.09. The lowest BCUT2D eigenvalue weighted by molar-refractivity contribution is 0.316. The zero-order chi connectivity index (χ0) is 8.39. The Morgan fingerprint density at radius 3 is 3.17 bits per heavy atom. The van der Waals surface area contributed by atoms with Crippen molar-refractivity contribution in [3.05, 3.63) is 30.1 Å². The van der Waals surface area contributed by atoms with Gasteiger partial charge in [0.1, 0.15) is 0 Å². The van der Waals surface area contributed by atoms with Gasteiger partial charge in [-0.15, -0.1) is 0 Å². The van der Waals surface area contributed by atoms with E-state index in [1.54, 1.807) is 6.20 Å². The van der Waals surface area contributed by atoms with Crippen LogP contribution < -0.4 is 0 Å². The molecule has 0 amide bonds. The lowest BCUT2D eigenvalue weighted by Gasteiger charge is -2.18. The zero-order valence-electron chi connectivity index (χ0n) is 7.33. The van der Waals surface area contributed by atoms with Gasteiger partial charge in [0.05, 0.1) is 6.20 Å². The summed E-state index contributed by atoms with van der Waals surface area (Å²) in [6, 6.07) is 4.65. The summed E-state index contributed by atoms with van der Waals surface area (Å²) in [7, 11) is 2.17. The average Bonchev–Trinajstić information content (AvgIpc) is 2.53. The van der Waals surface area contributed by atoms with E-state index >= 15 is 0 Å². The van der Waals surface area contributed by atoms with Crippen molar-refractivity contribution in [1.29, 1.82) is 0 Å². The average molecular weight is 161 g/mol. The summed E-state index contributed by atoms with van der Waals surface area (Å²) in [4.78, 5) is 6.38. The molecule has 2 heteroatoms. The van der Waals surface area contributed by atoms with Crippen molar-refractivity contribution in [2.24, 2.45) is 0 Å². The van der Waals surface area contributed by atoms with Crippen molar-refractivity contribution < 1.29 is 0 Å². The standard InChI is InChI=1S/C10H13N2/c1-12-7-3-5-10(12)9-4-2-6-11-8-9/h2,4,6,10H,3,5,7H2,1H3/t10-/m0/s1. The zero-order valence-corrected chi connectivity index (χ0v) is 7.33. The monoisotopic (exact) mass is 161 g/mol. The molecule has 0 aromatic carbocycles. The Hall–Kier alpha value is -0.890. The van der Waals surface area contributed by atoms with Crippen LogP contribution in [0.5, 0.6) is 0 Å². The van der Waals surface area contributed by atoms with Crippen LogP contribution >= 0.6 is 0 Å². The maximum Gasteiger partial charge on any atom is 0.0937 e. The number of hydrogen-bond acceptors (Lipinski definition) is 2. The van der Waals surface area contributed by atoms with Gasteiger partial charge in [0, 0.05) is 12.2 Å². The van der Waals surface area contributed by atoms with Crippen LogP contribution in [-0.2, 0) is 0 Å². The van der Waals surface area contributed by atoms with E-state index in [1.807, 2.05) is 6.07 Å². The molecule has 1 saturated heterocycles. The van der Waals surface area contributed by atoms with E-state index in [2.05, 4.69) is 29.2 Å². The first-order chi connectivity index (χ1) is 5.88. The van der Waals surface area contributed by atoms with Gasteiger partial charge in [0.15, 0.2) is 0 Å². The van der Waals surface area contributed by atoms with E-state index in [-0.39, 0.29) is 0 Å². The number of nitrogens with zero attached hydrogens (tertiary/aromatic N) is 2. The highest BCUT2D eigenvalue weighted by Gasteiger charge is 2.22. The molecule has 1 radical (unpaired) electrons. The summed E-state index contributed by atoms with van der Waals surface area (Å²) in [5.41, 5.74) is 1.23. The van der Waals surface area contributed by atoms with Crippen molar-refractivity contribution >= 4 is 0 Å². The molecule has 1 atom stereocenters. The van der Waals surface area contributed by atoms with Crippen LogP contribution in [0.25, 0.3) is 0 Å². The first-order valence-electron chi connectivity index (χ1n) is 4.41. The minimum absolute atomic E-state index is 0.554. The van der Waals surface area contributed by atoms with Gasteiger partial charge >= 0.3 is 0 Å². The van der Waals surface area contributed by atoms with Gasteiger partial charge in [-0.25, -0.2) is 0 Å². The number of hydrogen-bond donors (Lipinski definition) is 0. The smallest absolute Gasteiger partial charge is 0.0937 e. The third kappa shape index (κ3) is 1.34. The summed E-state index contributed by atoms with van der Waals surface area (Å²) in [5.74, 6) is 0. The van der Waals surface area contributed by atoms with Gasteiger partial charge in [-0.05, 0) is 38.1 Å². The molecule has 1 aromatic heterocycles. The Morgan fingerprint density at radius 2 is 2.58 bits per heavy atom. The van der Waals surface area contributed by atoms with Crippen LogP contribution in [0.1, 0.15) is 24.4 Å². The van der Waals surface area contributed by atoms with Crippen molar-refractivity contribution in [2.45, 2.75) is 18.9 Å². The molecular weight excluding hydrogens is 148 g/mol. The SMILES string of the molecule is CN1CCC[C@H]1c1[c]nccc1. The Balaban J connectivity index is 2.19. The van der Waals surface area contributed by atoms with Crippen LogP contribution in [0.15, 0.2) is 18.3 Å². The fourth-order valence-corrected chi connectivity index (χ4v) is 1.83. The van der Waals surface area contributed by atoms with E-state index in [9.17, 15) is 0 Å². The Labute approximate surface area is 73.2 Å². The largest absolute Gasteiger partial charge is 0.299 e. The molecule has 2 rings (SSSR count). The topological polar surface area (TPSA) is 16.1 Å². The molecule has 0 saturated carbocycles. The lowest BCUT2D eigenvalue weighted by Crippen LogP contribution is -2.17. The summed E-state index contributed by atoms with van der Waals surface area (Å²) >= 11 is 0. The molecule has 12 heavy (non-hydrogen) atoms. The fraction of sp³-hybridized carbons (Fsp3) is 0.500. The number of likely N-dealkylation sites (tertiary alicyclic amines) is 1. The second-order valence-corrected chi connectivity index (χ2v) is 3.34. The summed E-state index contributed by atoms with van der Waals surface area (Å²) in [6.07, 6.45) is 7.37. The van der Waals surface area contributed by atoms with Crippen molar-refractivity contribution in [3.63, 3.8) is 0 Å².